The normalized spacial score (nSPS) is 9.50. The Morgan fingerprint density at radius 3 is 2.60 bits per heavy atom. The minimum atomic E-state index is 0.958. The molecule has 0 saturated carbocycles. The maximum Gasteiger partial charge on any atom is 0.129 e. The summed E-state index contributed by atoms with van der Waals surface area (Å²) in [4.78, 5) is 6.00. The molecule has 0 spiro atoms. The third-order valence-electron chi connectivity index (χ3n) is 1.29. The zero-order valence-electron chi connectivity index (χ0n) is 6.55. The van der Waals surface area contributed by atoms with Gasteiger partial charge in [0.25, 0.3) is 0 Å². The van der Waals surface area contributed by atoms with Crippen molar-refractivity contribution in [1.29, 1.82) is 0 Å². The first-order valence-electron chi connectivity index (χ1n) is 3.22. The molecule has 1 aromatic heterocycles. The fourth-order valence-electron chi connectivity index (χ4n) is 0.707. The molecule has 2 heteroatoms. The highest BCUT2D eigenvalue weighted by atomic mass is 15.1. The molecule has 0 saturated heterocycles. The van der Waals surface area contributed by atoms with Gasteiger partial charge in [0.15, 0.2) is 0 Å². The Bertz CT molecular complexity index is 218. The molecule has 1 rings (SSSR count). The molecule has 0 aliphatic rings. The third-order valence-corrected chi connectivity index (χ3v) is 1.29. The number of hydrogen-bond acceptors (Lipinski definition) is 2. The second kappa shape index (κ2) is 2.69. The molecule has 0 fully saturated rings. The molecule has 1 radical (unpaired) electrons. The molecule has 0 amide bonds. The van der Waals surface area contributed by atoms with Crippen LogP contribution < -0.4 is 4.90 Å². The summed E-state index contributed by atoms with van der Waals surface area (Å²) in [5, 5.41) is 0. The van der Waals surface area contributed by atoms with E-state index in [-0.39, 0.29) is 0 Å². The van der Waals surface area contributed by atoms with Gasteiger partial charge in [-0.2, -0.15) is 0 Å². The van der Waals surface area contributed by atoms with E-state index in [0.29, 0.717) is 0 Å². The fourth-order valence-corrected chi connectivity index (χ4v) is 0.707. The van der Waals surface area contributed by atoms with E-state index < -0.39 is 0 Å². The van der Waals surface area contributed by atoms with Gasteiger partial charge in [0.1, 0.15) is 5.82 Å². The van der Waals surface area contributed by atoms with Crippen molar-refractivity contribution < 1.29 is 0 Å². The van der Waals surface area contributed by atoms with Gasteiger partial charge in [0.2, 0.25) is 0 Å². The Morgan fingerprint density at radius 1 is 1.50 bits per heavy atom. The maximum atomic E-state index is 4.04. The number of aryl methyl sites for hydroxylation is 1. The molecule has 0 atom stereocenters. The summed E-state index contributed by atoms with van der Waals surface area (Å²) < 4.78 is 0. The van der Waals surface area contributed by atoms with E-state index in [1.165, 1.54) is 5.56 Å². The molecular formula is C8H11N2. The predicted molar refractivity (Wildman–Crippen MR) is 42.1 cm³/mol. The van der Waals surface area contributed by atoms with Crippen LogP contribution in [0.15, 0.2) is 12.1 Å². The van der Waals surface area contributed by atoms with Crippen LogP contribution in [0.2, 0.25) is 0 Å². The molecule has 0 N–H and O–H groups in total. The molecule has 2 nitrogen and oxygen atoms in total. The third kappa shape index (κ3) is 1.47. The van der Waals surface area contributed by atoms with Crippen molar-refractivity contribution in [2.45, 2.75) is 6.92 Å². The zero-order valence-corrected chi connectivity index (χ0v) is 6.55. The Hall–Kier alpha value is -1.05. The van der Waals surface area contributed by atoms with Crippen LogP contribution in [0, 0.1) is 13.1 Å². The van der Waals surface area contributed by atoms with Gasteiger partial charge in [-0.1, -0.05) is 0 Å². The smallest absolute Gasteiger partial charge is 0.129 e. The van der Waals surface area contributed by atoms with Gasteiger partial charge < -0.3 is 4.90 Å². The molecule has 0 aliphatic carbocycles. The van der Waals surface area contributed by atoms with Crippen molar-refractivity contribution >= 4 is 5.82 Å². The van der Waals surface area contributed by atoms with Crippen LogP contribution in [-0.4, -0.2) is 19.1 Å². The molecule has 0 aromatic carbocycles. The Kier molecular flexibility index (Phi) is 1.90. The SMILES string of the molecule is Cc1c[c]nc(N(C)C)c1. The van der Waals surface area contributed by atoms with Gasteiger partial charge in [0.05, 0.1) is 6.20 Å². The van der Waals surface area contributed by atoms with E-state index in [1.807, 2.05) is 38.1 Å². The number of rotatable bonds is 1. The summed E-state index contributed by atoms with van der Waals surface area (Å²) in [5.41, 5.74) is 1.19. The molecule has 53 valence electrons. The summed E-state index contributed by atoms with van der Waals surface area (Å²) in [6, 6.07) is 3.89. The van der Waals surface area contributed by atoms with E-state index in [2.05, 4.69) is 11.2 Å². The van der Waals surface area contributed by atoms with Crippen molar-refractivity contribution in [2.75, 3.05) is 19.0 Å². The molecule has 1 heterocycles. The molecule has 10 heavy (non-hydrogen) atoms. The number of pyridine rings is 1. The number of anilines is 1. The van der Waals surface area contributed by atoms with E-state index >= 15 is 0 Å². The maximum absolute atomic E-state index is 4.04. The van der Waals surface area contributed by atoms with Gasteiger partial charge in [-0.05, 0) is 24.6 Å². The summed E-state index contributed by atoms with van der Waals surface area (Å²) in [6.07, 6.45) is 2.82. The lowest BCUT2D eigenvalue weighted by Gasteiger charge is -2.10. The van der Waals surface area contributed by atoms with Crippen LogP contribution >= 0.6 is 0 Å². The Balaban J connectivity index is 2.96. The highest BCUT2D eigenvalue weighted by molar-refractivity contribution is 5.38. The van der Waals surface area contributed by atoms with Crippen molar-refractivity contribution in [3.63, 3.8) is 0 Å². The minimum absolute atomic E-state index is 0.958. The summed E-state index contributed by atoms with van der Waals surface area (Å²) in [7, 11) is 3.94. The average molecular weight is 135 g/mol. The summed E-state index contributed by atoms with van der Waals surface area (Å²) in [5.74, 6) is 0.958. The highest BCUT2D eigenvalue weighted by Crippen LogP contribution is 2.06. The molecule has 0 bridgehead atoms. The van der Waals surface area contributed by atoms with Crippen molar-refractivity contribution in [2.24, 2.45) is 0 Å². The van der Waals surface area contributed by atoms with Crippen LogP contribution in [0.3, 0.4) is 0 Å². The van der Waals surface area contributed by atoms with Crippen LogP contribution in [0.5, 0.6) is 0 Å². The highest BCUT2D eigenvalue weighted by Gasteiger charge is 1.94. The predicted octanol–water partition coefficient (Wildman–Crippen LogP) is 1.26. The first-order valence-corrected chi connectivity index (χ1v) is 3.22. The molecule has 0 unspecified atom stereocenters. The van der Waals surface area contributed by atoms with Gasteiger partial charge in [0, 0.05) is 14.1 Å². The quantitative estimate of drug-likeness (QED) is 0.576. The fraction of sp³-hybridized carbons (Fsp3) is 0.375. The van der Waals surface area contributed by atoms with E-state index in [4.69, 9.17) is 0 Å². The van der Waals surface area contributed by atoms with E-state index in [1.54, 1.807) is 0 Å². The summed E-state index contributed by atoms with van der Waals surface area (Å²) >= 11 is 0. The van der Waals surface area contributed by atoms with Gasteiger partial charge >= 0.3 is 0 Å². The number of hydrogen-bond donors (Lipinski definition) is 0. The standard InChI is InChI=1S/C8H11N2/c1-7-4-5-9-8(6-7)10(2)3/h4,6H,1-3H3. The second-order valence-corrected chi connectivity index (χ2v) is 2.53. The van der Waals surface area contributed by atoms with E-state index in [0.717, 1.165) is 5.82 Å². The second-order valence-electron chi connectivity index (χ2n) is 2.53. The number of nitrogens with zero attached hydrogens (tertiary/aromatic N) is 2. The average Bonchev–Trinajstić information content (AvgIpc) is 1.88. The Labute approximate surface area is 61.5 Å². The van der Waals surface area contributed by atoms with E-state index in [9.17, 15) is 0 Å². The van der Waals surface area contributed by atoms with Crippen molar-refractivity contribution in [3.8, 4) is 0 Å². The van der Waals surface area contributed by atoms with Crippen LogP contribution in [0.25, 0.3) is 0 Å². The van der Waals surface area contributed by atoms with Crippen molar-refractivity contribution in [1.82, 2.24) is 4.98 Å². The lowest BCUT2D eigenvalue weighted by atomic mass is 10.3. The molecule has 1 aromatic rings. The van der Waals surface area contributed by atoms with Crippen LogP contribution in [0.1, 0.15) is 5.56 Å². The van der Waals surface area contributed by atoms with Crippen molar-refractivity contribution in [3.05, 3.63) is 23.9 Å². The monoisotopic (exact) mass is 135 g/mol. The minimum Gasteiger partial charge on any atom is -0.363 e. The Morgan fingerprint density at radius 2 is 2.20 bits per heavy atom. The lowest BCUT2D eigenvalue weighted by molar-refractivity contribution is 1.06. The van der Waals surface area contributed by atoms with Gasteiger partial charge in [-0.25, -0.2) is 4.98 Å². The first kappa shape index (κ1) is 7.06. The zero-order chi connectivity index (χ0) is 7.56. The van der Waals surface area contributed by atoms with Crippen LogP contribution in [0.4, 0.5) is 5.82 Å². The van der Waals surface area contributed by atoms with Crippen LogP contribution in [-0.2, 0) is 0 Å². The largest absolute Gasteiger partial charge is 0.363 e. The van der Waals surface area contributed by atoms with Gasteiger partial charge in [-0.15, -0.1) is 0 Å². The molecule has 0 aliphatic heterocycles. The summed E-state index contributed by atoms with van der Waals surface area (Å²) in [6.45, 7) is 2.03. The van der Waals surface area contributed by atoms with Gasteiger partial charge in [-0.3, -0.25) is 0 Å². The lowest BCUT2D eigenvalue weighted by Crippen LogP contribution is -2.10. The number of aromatic nitrogens is 1. The topological polar surface area (TPSA) is 16.1 Å². The first-order chi connectivity index (χ1) is 4.70. The molecular weight excluding hydrogens is 124 g/mol.